The number of hydrogen-bond donors (Lipinski definition) is 1. The lowest BCUT2D eigenvalue weighted by Gasteiger charge is -2.15. The van der Waals surface area contributed by atoms with Crippen LogP contribution >= 0.6 is 0 Å². The van der Waals surface area contributed by atoms with Crippen LogP contribution in [0.25, 0.3) is 0 Å². The molecule has 0 spiro atoms. The minimum Gasteiger partial charge on any atom is -0.394 e. The molecule has 1 N–H and O–H groups in total. The molecule has 0 fully saturated rings. The Bertz CT molecular complexity index is 873. The number of benzene rings is 2. The number of oxime groups is 1. The zero-order chi connectivity index (χ0) is 22.1. The Morgan fingerprint density at radius 2 is 1.83 bits per heavy atom. The molecule has 0 bridgehead atoms. The van der Waals surface area contributed by atoms with Crippen molar-refractivity contribution in [3.05, 3.63) is 70.8 Å². The first-order valence-electron chi connectivity index (χ1n) is 9.60. The molecular weight excluding hydrogens is 400 g/mol. The van der Waals surface area contributed by atoms with Crippen LogP contribution in [0.4, 0.5) is 17.6 Å². The van der Waals surface area contributed by atoms with Gasteiger partial charge in [0.25, 0.3) is 0 Å². The summed E-state index contributed by atoms with van der Waals surface area (Å²) in [7, 11) is 0. The second kappa shape index (κ2) is 11.3. The van der Waals surface area contributed by atoms with Crippen LogP contribution in [0.1, 0.15) is 37.0 Å². The smallest absolute Gasteiger partial charge is 0.242 e. The van der Waals surface area contributed by atoms with Crippen molar-refractivity contribution < 1.29 is 27.2 Å². The predicted molar refractivity (Wildman–Crippen MR) is 106 cm³/mol. The lowest BCUT2D eigenvalue weighted by atomic mass is 10.0. The van der Waals surface area contributed by atoms with Crippen LogP contribution in [0.15, 0.2) is 47.6 Å². The molecule has 1 atom stereocenters. The van der Waals surface area contributed by atoms with Gasteiger partial charge in [-0.05, 0) is 23.1 Å². The molecule has 0 aliphatic rings. The molecule has 0 aliphatic carbocycles. The van der Waals surface area contributed by atoms with Crippen LogP contribution in [0.5, 0.6) is 0 Å². The molecule has 0 saturated carbocycles. The molecule has 8 heteroatoms. The van der Waals surface area contributed by atoms with Gasteiger partial charge in [0.2, 0.25) is 12.3 Å². The summed E-state index contributed by atoms with van der Waals surface area (Å²) in [5.41, 5.74) is -0.0435. The van der Waals surface area contributed by atoms with E-state index in [-0.39, 0.29) is 24.5 Å². The van der Waals surface area contributed by atoms with Crippen LogP contribution in [0, 0.1) is 17.6 Å². The number of rotatable bonds is 9. The third-order valence-corrected chi connectivity index (χ3v) is 4.47. The van der Waals surface area contributed by atoms with E-state index in [9.17, 15) is 22.4 Å². The summed E-state index contributed by atoms with van der Waals surface area (Å²) in [4.78, 5) is 17.7. The third-order valence-electron chi connectivity index (χ3n) is 4.47. The summed E-state index contributed by atoms with van der Waals surface area (Å²) in [6.45, 7) is 4.00. The highest BCUT2D eigenvalue weighted by Crippen LogP contribution is 2.21. The van der Waals surface area contributed by atoms with Crippen LogP contribution in [0.3, 0.4) is 0 Å². The molecule has 1 amide bonds. The summed E-state index contributed by atoms with van der Waals surface area (Å²) in [5.74, 6) is -3.51. The van der Waals surface area contributed by atoms with Gasteiger partial charge in [-0.2, -0.15) is 0 Å². The Morgan fingerprint density at radius 1 is 1.13 bits per heavy atom. The van der Waals surface area contributed by atoms with Gasteiger partial charge in [0.1, 0.15) is 6.61 Å². The van der Waals surface area contributed by atoms with Crippen molar-refractivity contribution in [3.8, 4) is 0 Å². The topological polar surface area (TPSA) is 50.7 Å². The highest BCUT2D eigenvalue weighted by molar-refractivity contribution is 6.09. The lowest BCUT2D eigenvalue weighted by molar-refractivity contribution is -0.119. The van der Waals surface area contributed by atoms with E-state index in [0.717, 1.165) is 18.6 Å². The molecule has 0 aromatic heterocycles. The van der Waals surface area contributed by atoms with Crippen LogP contribution in [0.2, 0.25) is 0 Å². The Balaban J connectivity index is 2.37. The Hall–Kier alpha value is -2.90. The van der Waals surface area contributed by atoms with Crippen LogP contribution in [-0.4, -0.2) is 24.8 Å². The number of nitrogens with zero attached hydrogens (tertiary/aromatic N) is 1. The van der Waals surface area contributed by atoms with Crippen molar-refractivity contribution in [1.29, 1.82) is 0 Å². The average molecular weight is 424 g/mol. The molecule has 162 valence electrons. The summed E-state index contributed by atoms with van der Waals surface area (Å²) < 4.78 is 54.4. The molecule has 2 rings (SSSR count). The molecule has 1 unspecified atom stereocenters. The van der Waals surface area contributed by atoms with Crippen LogP contribution < -0.4 is 5.32 Å². The maximum absolute atomic E-state index is 14.6. The van der Waals surface area contributed by atoms with Crippen molar-refractivity contribution >= 4 is 11.7 Å². The van der Waals surface area contributed by atoms with E-state index in [1.54, 1.807) is 30.3 Å². The number of amides is 1. The fourth-order valence-corrected chi connectivity index (χ4v) is 2.62. The van der Waals surface area contributed by atoms with E-state index in [1.807, 2.05) is 13.8 Å². The SMILES string of the molecule is CCC(C)CO/N=C(\NC(=O)Cc1ccccc1)c1c(CC(F)F)ccc(F)c1F. The summed E-state index contributed by atoms with van der Waals surface area (Å²) in [6, 6.07) is 10.5. The van der Waals surface area contributed by atoms with Gasteiger partial charge < -0.3 is 10.2 Å². The van der Waals surface area contributed by atoms with Crippen molar-refractivity contribution in [3.63, 3.8) is 0 Å². The first-order valence-corrected chi connectivity index (χ1v) is 9.60. The number of alkyl halides is 2. The number of carbonyl (C=O) groups is 1. The Kier molecular flexibility index (Phi) is 8.83. The van der Waals surface area contributed by atoms with Gasteiger partial charge in [0, 0.05) is 6.42 Å². The van der Waals surface area contributed by atoms with Crippen molar-refractivity contribution in [2.45, 2.75) is 39.5 Å². The molecule has 4 nitrogen and oxygen atoms in total. The van der Waals surface area contributed by atoms with E-state index < -0.39 is 41.8 Å². The zero-order valence-electron chi connectivity index (χ0n) is 16.8. The van der Waals surface area contributed by atoms with Crippen molar-refractivity contribution in [2.24, 2.45) is 11.1 Å². The van der Waals surface area contributed by atoms with Gasteiger partial charge in [0.15, 0.2) is 17.5 Å². The van der Waals surface area contributed by atoms with E-state index in [0.29, 0.717) is 5.56 Å². The zero-order valence-corrected chi connectivity index (χ0v) is 16.8. The molecule has 0 aliphatic heterocycles. The molecule has 0 saturated heterocycles. The standard InChI is InChI=1S/C22H24F4N2O2/c1-3-14(2)13-30-28-22(27-19(29)11-15-7-5-4-6-8-15)20-16(12-18(24)25)9-10-17(23)21(20)26/h4-10,14,18H,3,11-13H2,1-2H3,(H,27,28,29). The predicted octanol–water partition coefficient (Wildman–Crippen LogP) is 4.86. The third kappa shape index (κ3) is 6.86. The Labute approximate surface area is 172 Å². The normalized spacial score (nSPS) is 12.7. The van der Waals surface area contributed by atoms with Gasteiger partial charge in [-0.1, -0.05) is 61.8 Å². The fraction of sp³-hybridized carbons (Fsp3) is 0.364. The van der Waals surface area contributed by atoms with E-state index in [2.05, 4.69) is 10.5 Å². The minimum atomic E-state index is -2.80. The quantitative estimate of drug-likeness (QED) is 0.271. The summed E-state index contributed by atoms with van der Waals surface area (Å²) in [6.07, 6.45) is -2.90. The maximum Gasteiger partial charge on any atom is 0.242 e. The fourth-order valence-electron chi connectivity index (χ4n) is 2.62. The highest BCUT2D eigenvalue weighted by atomic mass is 19.3. The summed E-state index contributed by atoms with van der Waals surface area (Å²) in [5, 5.41) is 6.16. The van der Waals surface area contributed by atoms with E-state index in [4.69, 9.17) is 4.84 Å². The molecule has 0 heterocycles. The summed E-state index contributed by atoms with van der Waals surface area (Å²) >= 11 is 0. The van der Waals surface area contributed by atoms with E-state index in [1.165, 1.54) is 0 Å². The number of amidine groups is 1. The van der Waals surface area contributed by atoms with Gasteiger partial charge in [-0.15, -0.1) is 0 Å². The number of hydrogen-bond acceptors (Lipinski definition) is 3. The first-order chi connectivity index (χ1) is 14.3. The monoisotopic (exact) mass is 424 g/mol. The number of carbonyl (C=O) groups excluding carboxylic acids is 1. The number of halogens is 4. The van der Waals surface area contributed by atoms with E-state index >= 15 is 0 Å². The van der Waals surface area contributed by atoms with Gasteiger partial charge in [-0.25, -0.2) is 17.6 Å². The second-order valence-electron chi connectivity index (χ2n) is 6.95. The van der Waals surface area contributed by atoms with Crippen LogP contribution in [-0.2, 0) is 22.5 Å². The van der Waals surface area contributed by atoms with Gasteiger partial charge in [0.05, 0.1) is 12.0 Å². The molecular formula is C22H24F4N2O2. The molecule has 30 heavy (non-hydrogen) atoms. The largest absolute Gasteiger partial charge is 0.394 e. The maximum atomic E-state index is 14.6. The average Bonchev–Trinajstić information content (AvgIpc) is 2.70. The first kappa shape index (κ1) is 23.4. The van der Waals surface area contributed by atoms with Gasteiger partial charge >= 0.3 is 0 Å². The Morgan fingerprint density at radius 3 is 2.47 bits per heavy atom. The molecule has 2 aromatic carbocycles. The minimum absolute atomic E-state index is 0.0632. The molecule has 2 aromatic rings. The van der Waals surface area contributed by atoms with Crippen molar-refractivity contribution in [1.82, 2.24) is 5.32 Å². The lowest BCUT2D eigenvalue weighted by Crippen LogP contribution is -2.34. The second-order valence-corrected chi connectivity index (χ2v) is 6.95. The highest BCUT2D eigenvalue weighted by Gasteiger charge is 2.23. The molecule has 0 radical (unpaired) electrons. The van der Waals surface area contributed by atoms with Gasteiger partial charge in [-0.3, -0.25) is 4.79 Å². The number of nitrogens with one attached hydrogen (secondary N) is 1. The van der Waals surface area contributed by atoms with Crippen molar-refractivity contribution in [2.75, 3.05) is 6.61 Å².